The van der Waals surface area contributed by atoms with Crippen molar-refractivity contribution in [3.8, 4) is 0 Å². The number of aliphatic imine (C=N–C) groups is 1. The number of carbonyl (C=O) groups is 1. The minimum atomic E-state index is -3.14. The summed E-state index contributed by atoms with van der Waals surface area (Å²) in [6.45, 7) is 2.43. The Balaban J connectivity index is 2.17. The van der Waals surface area contributed by atoms with E-state index in [2.05, 4.69) is 9.73 Å². The number of halogens is 2. The first kappa shape index (κ1) is 13.0. The van der Waals surface area contributed by atoms with Crippen LogP contribution in [0.15, 0.2) is 4.99 Å². The topological polar surface area (TPSA) is 73.9 Å². The van der Waals surface area contributed by atoms with E-state index < -0.39 is 35.9 Å². The molecule has 1 fully saturated rings. The van der Waals surface area contributed by atoms with E-state index in [1.807, 2.05) is 0 Å². The largest absolute Gasteiger partial charge is 0.466 e. The molecule has 0 spiro atoms. The molecular formula is C11H16F2N2O3. The van der Waals surface area contributed by atoms with Gasteiger partial charge in [-0.2, -0.15) is 0 Å². The fourth-order valence-electron chi connectivity index (χ4n) is 2.33. The molecule has 1 unspecified atom stereocenters. The lowest BCUT2D eigenvalue weighted by Crippen LogP contribution is -2.55. The van der Waals surface area contributed by atoms with Gasteiger partial charge < -0.3 is 15.2 Å². The van der Waals surface area contributed by atoms with E-state index in [0.29, 0.717) is 6.42 Å². The van der Waals surface area contributed by atoms with Gasteiger partial charge >= 0.3 is 11.9 Å². The first-order chi connectivity index (χ1) is 8.32. The summed E-state index contributed by atoms with van der Waals surface area (Å²) in [5.74, 6) is -4.65. The second-order valence-corrected chi connectivity index (χ2v) is 4.79. The fourth-order valence-corrected chi connectivity index (χ4v) is 2.33. The van der Waals surface area contributed by atoms with Crippen molar-refractivity contribution in [3.05, 3.63) is 0 Å². The molecule has 1 saturated carbocycles. The van der Waals surface area contributed by atoms with Gasteiger partial charge in [-0.1, -0.05) is 0 Å². The third-order valence-electron chi connectivity index (χ3n) is 3.59. The van der Waals surface area contributed by atoms with Crippen molar-refractivity contribution in [1.29, 1.82) is 0 Å². The maximum Gasteiger partial charge on any atom is 0.309 e. The zero-order valence-electron chi connectivity index (χ0n) is 10.3. The Morgan fingerprint density at radius 2 is 2.33 bits per heavy atom. The highest BCUT2D eigenvalue weighted by Crippen LogP contribution is 2.55. The van der Waals surface area contributed by atoms with Crippen molar-refractivity contribution < 1.29 is 23.0 Å². The Kier molecular flexibility index (Phi) is 2.95. The maximum absolute atomic E-state index is 13.9. The Bertz CT molecular complexity index is 400. The average molecular weight is 262 g/mol. The van der Waals surface area contributed by atoms with Gasteiger partial charge in [0.25, 0.3) is 6.02 Å². The minimum Gasteiger partial charge on any atom is -0.466 e. The Hall–Kier alpha value is -1.40. The van der Waals surface area contributed by atoms with E-state index in [-0.39, 0.29) is 12.6 Å². The van der Waals surface area contributed by atoms with Crippen molar-refractivity contribution in [2.24, 2.45) is 22.6 Å². The van der Waals surface area contributed by atoms with Crippen LogP contribution < -0.4 is 5.73 Å². The first-order valence-electron chi connectivity index (χ1n) is 5.84. The molecule has 0 aromatic rings. The molecule has 102 valence electrons. The second kappa shape index (κ2) is 4.07. The number of rotatable bonds is 3. The highest BCUT2D eigenvalue weighted by molar-refractivity contribution is 5.77. The SMILES string of the molecule is CCOC(=O)[C@@H]1CC1[C@@]1(C)N=C(N)OCC1(F)F. The van der Waals surface area contributed by atoms with Crippen LogP contribution in [0.1, 0.15) is 20.3 Å². The van der Waals surface area contributed by atoms with Crippen molar-refractivity contribution in [2.45, 2.75) is 31.7 Å². The summed E-state index contributed by atoms with van der Waals surface area (Å²) in [4.78, 5) is 15.3. The monoisotopic (exact) mass is 262 g/mol. The van der Waals surface area contributed by atoms with Gasteiger partial charge in [-0.25, -0.2) is 13.8 Å². The van der Waals surface area contributed by atoms with Gasteiger partial charge in [0.1, 0.15) is 5.54 Å². The van der Waals surface area contributed by atoms with Crippen LogP contribution in [-0.2, 0) is 14.3 Å². The maximum atomic E-state index is 13.9. The summed E-state index contributed by atoms with van der Waals surface area (Å²) in [6, 6.07) is -0.252. The summed E-state index contributed by atoms with van der Waals surface area (Å²) in [7, 11) is 0. The molecule has 2 rings (SSSR count). The predicted octanol–water partition coefficient (Wildman–Crippen LogP) is 0.925. The van der Waals surface area contributed by atoms with Crippen molar-refractivity contribution in [3.63, 3.8) is 0 Å². The number of hydrogen-bond acceptors (Lipinski definition) is 5. The van der Waals surface area contributed by atoms with Gasteiger partial charge in [0.05, 0.1) is 12.5 Å². The zero-order valence-corrected chi connectivity index (χ0v) is 10.3. The molecule has 1 aliphatic carbocycles. The fraction of sp³-hybridized carbons (Fsp3) is 0.818. The molecule has 0 radical (unpaired) electrons. The van der Waals surface area contributed by atoms with Crippen LogP contribution in [0.4, 0.5) is 8.78 Å². The molecule has 1 heterocycles. The summed E-state index contributed by atoms with van der Waals surface area (Å²) >= 11 is 0. The number of nitrogens with zero attached hydrogens (tertiary/aromatic N) is 1. The molecular weight excluding hydrogens is 246 g/mol. The summed E-state index contributed by atoms with van der Waals surface area (Å²) in [6.07, 6.45) is 0.349. The Morgan fingerprint density at radius 1 is 1.67 bits per heavy atom. The predicted molar refractivity (Wildman–Crippen MR) is 59.2 cm³/mol. The average Bonchev–Trinajstić information content (AvgIpc) is 3.05. The number of ether oxygens (including phenoxy) is 2. The van der Waals surface area contributed by atoms with Gasteiger partial charge in [0.15, 0.2) is 6.61 Å². The van der Waals surface area contributed by atoms with E-state index in [4.69, 9.17) is 10.5 Å². The molecule has 0 amide bonds. The Morgan fingerprint density at radius 3 is 2.94 bits per heavy atom. The van der Waals surface area contributed by atoms with Crippen LogP contribution in [0.2, 0.25) is 0 Å². The summed E-state index contributed by atoms with van der Waals surface area (Å²) in [5, 5.41) is 0. The highest BCUT2D eigenvalue weighted by Gasteiger charge is 2.66. The van der Waals surface area contributed by atoms with Gasteiger partial charge in [-0.05, 0) is 20.3 Å². The van der Waals surface area contributed by atoms with Gasteiger partial charge in [-0.15, -0.1) is 0 Å². The van der Waals surface area contributed by atoms with Gasteiger partial charge in [0, 0.05) is 5.92 Å². The molecule has 0 aromatic carbocycles. The van der Waals surface area contributed by atoms with Crippen molar-refractivity contribution in [2.75, 3.05) is 13.2 Å². The van der Waals surface area contributed by atoms with Crippen molar-refractivity contribution >= 4 is 12.0 Å². The number of hydrogen-bond donors (Lipinski definition) is 1. The van der Waals surface area contributed by atoms with Crippen LogP contribution >= 0.6 is 0 Å². The molecule has 2 N–H and O–H groups in total. The van der Waals surface area contributed by atoms with E-state index in [1.54, 1.807) is 6.92 Å². The number of esters is 1. The normalized spacial score (nSPS) is 37.4. The molecule has 2 aliphatic rings. The standard InChI is InChI=1S/C11H16F2N2O3/c1-3-17-8(16)6-4-7(6)10(2)11(12,13)5-18-9(14)15-10/h6-7H,3-5H2,1-2H3,(H2,14,15)/t6-,7?,10-/m1/s1. The lowest BCUT2D eigenvalue weighted by molar-refractivity contribution is -0.147. The molecule has 5 nitrogen and oxygen atoms in total. The van der Waals surface area contributed by atoms with Gasteiger partial charge in [-0.3, -0.25) is 4.79 Å². The second-order valence-electron chi connectivity index (χ2n) is 4.79. The summed E-state index contributed by atoms with van der Waals surface area (Å²) in [5.41, 5.74) is 3.67. The molecule has 0 saturated heterocycles. The van der Waals surface area contributed by atoms with Crippen LogP contribution in [0.3, 0.4) is 0 Å². The van der Waals surface area contributed by atoms with E-state index >= 15 is 0 Å². The van der Waals surface area contributed by atoms with Gasteiger partial charge in [0.2, 0.25) is 0 Å². The number of carbonyl (C=O) groups excluding carboxylic acids is 1. The molecule has 7 heteroatoms. The lowest BCUT2D eigenvalue weighted by atomic mass is 9.87. The third-order valence-corrected chi connectivity index (χ3v) is 3.59. The first-order valence-corrected chi connectivity index (χ1v) is 5.84. The van der Waals surface area contributed by atoms with Crippen LogP contribution in [-0.4, -0.2) is 36.7 Å². The molecule has 1 aliphatic heterocycles. The van der Waals surface area contributed by atoms with E-state index in [0.717, 1.165) is 0 Å². The van der Waals surface area contributed by atoms with Crippen LogP contribution in [0, 0.1) is 11.8 Å². The smallest absolute Gasteiger partial charge is 0.309 e. The zero-order chi connectivity index (χ0) is 13.6. The molecule has 3 atom stereocenters. The van der Waals surface area contributed by atoms with Crippen LogP contribution in [0.5, 0.6) is 0 Å². The molecule has 0 bridgehead atoms. The van der Waals surface area contributed by atoms with Crippen LogP contribution in [0.25, 0.3) is 0 Å². The lowest BCUT2D eigenvalue weighted by Gasteiger charge is -2.37. The number of amidine groups is 1. The van der Waals surface area contributed by atoms with Crippen molar-refractivity contribution in [1.82, 2.24) is 0 Å². The van der Waals surface area contributed by atoms with E-state index in [9.17, 15) is 13.6 Å². The summed E-state index contributed by atoms with van der Waals surface area (Å²) < 4.78 is 37.2. The minimum absolute atomic E-state index is 0.240. The van der Waals surface area contributed by atoms with E-state index in [1.165, 1.54) is 6.92 Å². The Labute approximate surface area is 103 Å². The number of nitrogens with two attached hydrogens (primary N) is 1. The quantitative estimate of drug-likeness (QED) is 0.768. The number of alkyl halides is 2. The molecule has 18 heavy (non-hydrogen) atoms. The third kappa shape index (κ3) is 1.91. The highest BCUT2D eigenvalue weighted by atomic mass is 19.3. The molecule has 0 aromatic heterocycles.